The van der Waals surface area contributed by atoms with Gasteiger partial charge in [-0.15, -0.1) is 11.3 Å². The number of halogens is 1. The van der Waals surface area contributed by atoms with Crippen molar-refractivity contribution in [3.05, 3.63) is 15.0 Å². The van der Waals surface area contributed by atoms with Crippen LogP contribution in [-0.2, 0) is 4.79 Å². The first-order valence-corrected chi connectivity index (χ1v) is 4.47. The molecule has 1 unspecified atom stereocenters. The Labute approximate surface area is 71.4 Å². The van der Waals surface area contributed by atoms with Gasteiger partial charge in [-0.25, -0.2) is 4.98 Å². The van der Waals surface area contributed by atoms with Crippen molar-refractivity contribution in [1.29, 1.82) is 0 Å². The highest BCUT2D eigenvalue weighted by molar-refractivity contribution is 9.11. The molecule has 1 rings (SSSR count). The van der Waals surface area contributed by atoms with Crippen LogP contribution >= 0.6 is 27.3 Å². The van der Waals surface area contributed by atoms with E-state index in [4.69, 9.17) is 0 Å². The van der Waals surface area contributed by atoms with Gasteiger partial charge in [-0.1, -0.05) is 6.92 Å². The Morgan fingerprint density at radius 1 is 1.90 bits per heavy atom. The summed E-state index contributed by atoms with van der Waals surface area (Å²) in [7, 11) is 0. The predicted octanol–water partition coefficient (Wildman–Crippen LogP) is 2.21. The van der Waals surface area contributed by atoms with Crippen LogP contribution in [0.2, 0.25) is 0 Å². The lowest BCUT2D eigenvalue weighted by Gasteiger charge is -1.93. The molecule has 1 heterocycles. The van der Waals surface area contributed by atoms with Crippen molar-refractivity contribution in [2.24, 2.45) is 0 Å². The molecule has 0 saturated carbocycles. The standard InChI is InChI=1S/C6H6BrNOS/c1-4(2-9)5-3-10-6(7)8-5/h2-4H,1H3. The lowest BCUT2D eigenvalue weighted by Crippen LogP contribution is -1.93. The number of hydrogen-bond acceptors (Lipinski definition) is 3. The summed E-state index contributed by atoms with van der Waals surface area (Å²) in [4.78, 5) is 14.3. The number of aldehydes is 1. The van der Waals surface area contributed by atoms with E-state index >= 15 is 0 Å². The molecule has 0 radical (unpaired) electrons. The maximum atomic E-state index is 10.3. The molecule has 54 valence electrons. The minimum Gasteiger partial charge on any atom is -0.303 e. The van der Waals surface area contributed by atoms with Crippen molar-refractivity contribution in [2.45, 2.75) is 12.8 Å². The minimum atomic E-state index is -0.0810. The average Bonchev–Trinajstić information content (AvgIpc) is 2.34. The van der Waals surface area contributed by atoms with E-state index in [0.29, 0.717) is 0 Å². The molecule has 0 bridgehead atoms. The minimum absolute atomic E-state index is 0.0810. The zero-order chi connectivity index (χ0) is 7.56. The first-order chi connectivity index (χ1) is 4.74. The van der Waals surface area contributed by atoms with Gasteiger partial charge in [-0.3, -0.25) is 0 Å². The lowest BCUT2D eigenvalue weighted by atomic mass is 10.1. The highest BCUT2D eigenvalue weighted by atomic mass is 79.9. The molecule has 0 amide bonds. The molecule has 4 heteroatoms. The maximum absolute atomic E-state index is 10.3. The molecule has 1 atom stereocenters. The Morgan fingerprint density at radius 2 is 2.60 bits per heavy atom. The number of nitrogens with zero attached hydrogens (tertiary/aromatic N) is 1. The normalized spacial score (nSPS) is 13.0. The summed E-state index contributed by atoms with van der Waals surface area (Å²) in [6, 6.07) is 0. The lowest BCUT2D eigenvalue weighted by molar-refractivity contribution is -0.108. The number of carbonyl (C=O) groups excluding carboxylic acids is 1. The highest BCUT2D eigenvalue weighted by Crippen LogP contribution is 2.20. The Balaban J connectivity index is 2.84. The molecular formula is C6H6BrNOS. The molecule has 2 nitrogen and oxygen atoms in total. The summed E-state index contributed by atoms with van der Waals surface area (Å²) in [5.74, 6) is -0.0810. The van der Waals surface area contributed by atoms with Gasteiger partial charge in [0.2, 0.25) is 0 Å². The third-order valence-electron chi connectivity index (χ3n) is 1.16. The molecule has 1 aromatic heterocycles. The van der Waals surface area contributed by atoms with Gasteiger partial charge in [0, 0.05) is 5.38 Å². The van der Waals surface area contributed by atoms with E-state index in [1.807, 2.05) is 12.3 Å². The number of rotatable bonds is 2. The fourth-order valence-corrected chi connectivity index (χ4v) is 1.67. The van der Waals surface area contributed by atoms with E-state index in [9.17, 15) is 4.79 Å². The third kappa shape index (κ3) is 1.64. The Hall–Kier alpha value is -0.220. The summed E-state index contributed by atoms with van der Waals surface area (Å²) in [5.41, 5.74) is 0.840. The van der Waals surface area contributed by atoms with Crippen molar-refractivity contribution in [3.63, 3.8) is 0 Å². The summed E-state index contributed by atoms with van der Waals surface area (Å²) in [6.07, 6.45) is 0.890. The van der Waals surface area contributed by atoms with Crippen LogP contribution in [0.5, 0.6) is 0 Å². The van der Waals surface area contributed by atoms with Crippen LogP contribution in [0, 0.1) is 0 Å². The van der Waals surface area contributed by atoms with E-state index < -0.39 is 0 Å². The molecule has 0 saturated heterocycles. The first kappa shape index (κ1) is 7.88. The van der Waals surface area contributed by atoms with E-state index in [-0.39, 0.29) is 5.92 Å². The zero-order valence-electron chi connectivity index (χ0n) is 5.37. The van der Waals surface area contributed by atoms with Crippen molar-refractivity contribution in [1.82, 2.24) is 4.98 Å². The van der Waals surface area contributed by atoms with Gasteiger partial charge >= 0.3 is 0 Å². The Morgan fingerprint density at radius 3 is 3.00 bits per heavy atom. The van der Waals surface area contributed by atoms with Crippen LogP contribution in [0.25, 0.3) is 0 Å². The van der Waals surface area contributed by atoms with Gasteiger partial charge in [-0.05, 0) is 15.9 Å². The van der Waals surface area contributed by atoms with Crippen molar-refractivity contribution < 1.29 is 4.79 Å². The monoisotopic (exact) mass is 219 g/mol. The van der Waals surface area contributed by atoms with Crippen LogP contribution in [0.15, 0.2) is 9.30 Å². The molecule has 0 aliphatic rings. The second-order valence-electron chi connectivity index (χ2n) is 1.95. The van der Waals surface area contributed by atoms with E-state index in [0.717, 1.165) is 15.9 Å². The number of hydrogen-bond donors (Lipinski definition) is 0. The number of aromatic nitrogens is 1. The molecule has 0 spiro atoms. The number of thiazole rings is 1. The van der Waals surface area contributed by atoms with Crippen LogP contribution in [-0.4, -0.2) is 11.3 Å². The first-order valence-electron chi connectivity index (χ1n) is 2.80. The van der Waals surface area contributed by atoms with Gasteiger partial charge in [0.25, 0.3) is 0 Å². The van der Waals surface area contributed by atoms with Crippen LogP contribution < -0.4 is 0 Å². The van der Waals surface area contributed by atoms with E-state index in [1.54, 1.807) is 0 Å². The largest absolute Gasteiger partial charge is 0.303 e. The van der Waals surface area contributed by atoms with Gasteiger partial charge in [-0.2, -0.15) is 0 Å². The SMILES string of the molecule is CC(C=O)c1csc(Br)n1. The van der Waals surface area contributed by atoms with Crippen molar-refractivity contribution >= 4 is 33.6 Å². The van der Waals surface area contributed by atoms with E-state index in [2.05, 4.69) is 20.9 Å². The van der Waals surface area contributed by atoms with Gasteiger partial charge < -0.3 is 4.79 Å². The fraction of sp³-hybridized carbons (Fsp3) is 0.333. The summed E-state index contributed by atoms with van der Waals surface area (Å²) >= 11 is 4.72. The van der Waals surface area contributed by atoms with Crippen molar-refractivity contribution in [2.75, 3.05) is 0 Å². The van der Waals surface area contributed by atoms with Crippen LogP contribution in [0.1, 0.15) is 18.5 Å². The second-order valence-corrected chi connectivity index (χ2v) is 4.08. The molecule has 0 aliphatic heterocycles. The Kier molecular flexibility index (Phi) is 2.56. The average molecular weight is 220 g/mol. The highest BCUT2D eigenvalue weighted by Gasteiger charge is 2.06. The van der Waals surface area contributed by atoms with Crippen LogP contribution in [0.3, 0.4) is 0 Å². The van der Waals surface area contributed by atoms with Gasteiger partial charge in [0.15, 0.2) is 3.92 Å². The molecule has 10 heavy (non-hydrogen) atoms. The van der Waals surface area contributed by atoms with Gasteiger partial charge in [0.1, 0.15) is 6.29 Å². The quantitative estimate of drug-likeness (QED) is 0.715. The zero-order valence-corrected chi connectivity index (χ0v) is 7.78. The Bertz CT molecular complexity index is 235. The smallest absolute Gasteiger partial charge is 0.159 e. The summed E-state index contributed by atoms with van der Waals surface area (Å²) < 4.78 is 0.830. The summed E-state index contributed by atoms with van der Waals surface area (Å²) in [6.45, 7) is 1.83. The maximum Gasteiger partial charge on any atom is 0.159 e. The molecule has 0 aliphatic carbocycles. The van der Waals surface area contributed by atoms with E-state index in [1.165, 1.54) is 11.3 Å². The van der Waals surface area contributed by atoms with Crippen LogP contribution in [0.4, 0.5) is 0 Å². The molecular weight excluding hydrogens is 214 g/mol. The number of carbonyl (C=O) groups is 1. The summed E-state index contributed by atoms with van der Waals surface area (Å²) in [5, 5.41) is 1.88. The second kappa shape index (κ2) is 3.25. The topological polar surface area (TPSA) is 30.0 Å². The molecule has 0 aromatic carbocycles. The third-order valence-corrected chi connectivity index (χ3v) is 2.55. The van der Waals surface area contributed by atoms with Gasteiger partial charge in [0.05, 0.1) is 11.6 Å². The van der Waals surface area contributed by atoms with Crippen molar-refractivity contribution in [3.8, 4) is 0 Å². The molecule has 0 fully saturated rings. The molecule has 0 N–H and O–H groups in total. The fourth-order valence-electron chi connectivity index (χ4n) is 0.542. The molecule has 1 aromatic rings. The predicted molar refractivity (Wildman–Crippen MR) is 44.3 cm³/mol.